The lowest BCUT2D eigenvalue weighted by Gasteiger charge is -2.23. The van der Waals surface area contributed by atoms with Crippen LogP contribution in [-0.4, -0.2) is 35.3 Å². The number of hydrogen-bond acceptors (Lipinski definition) is 4. The van der Waals surface area contributed by atoms with Crippen molar-refractivity contribution in [3.63, 3.8) is 0 Å². The van der Waals surface area contributed by atoms with Crippen LogP contribution in [0.4, 0.5) is 0 Å². The molecule has 0 spiro atoms. The molecule has 1 unspecified atom stereocenters. The summed E-state index contributed by atoms with van der Waals surface area (Å²) in [6, 6.07) is -0.102. The van der Waals surface area contributed by atoms with Crippen molar-refractivity contribution in [2.75, 3.05) is 13.2 Å². The SMILES string of the molecule is CCOC(OCC)C(N)CCc1cnn(C)c1. The Morgan fingerprint density at radius 1 is 1.35 bits per heavy atom. The van der Waals surface area contributed by atoms with Crippen molar-refractivity contribution >= 4 is 0 Å². The summed E-state index contributed by atoms with van der Waals surface area (Å²) < 4.78 is 12.7. The molecule has 0 aliphatic rings. The lowest BCUT2D eigenvalue weighted by molar-refractivity contribution is -0.149. The summed E-state index contributed by atoms with van der Waals surface area (Å²) in [5.41, 5.74) is 7.26. The molecule has 0 saturated heterocycles. The highest BCUT2D eigenvalue weighted by atomic mass is 16.7. The van der Waals surface area contributed by atoms with Crippen LogP contribution < -0.4 is 5.73 Å². The maximum absolute atomic E-state index is 6.07. The van der Waals surface area contributed by atoms with Crippen molar-refractivity contribution in [3.8, 4) is 0 Å². The van der Waals surface area contributed by atoms with Crippen LogP contribution in [0.5, 0.6) is 0 Å². The van der Waals surface area contributed by atoms with Gasteiger partial charge in [0, 0.05) is 26.5 Å². The molecule has 0 aromatic carbocycles. The summed E-state index contributed by atoms with van der Waals surface area (Å²) in [5, 5.41) is 4.13. The lowest BCUT2D eigenvalue weighted by Crippen LogP contribution is -2.39. The molecule has 17 heavy (non-hydrogen) atoms. The molecule has 1 aromatic rings. The van der Waals surface area contributed by atoms with E-state index in [1.54, 1.807) is 4.68 Å². The predicted molar refractivity (Wildman–Crippen MR) is 66.5 cm³/mol. The monoisotopic (exact) mass is 241 g/mol. The van der Waals surface area contributed by atoms with Crippen LogP contribution in [0.1, 0.15) is 25.8 Å². The van der Waals surface area contributed by atoms with E-state index in [-0.39, 0.29) is 12.3 Å². The van der Waals surface area contributed by atoms with Crippen molar-refractivity contribution in [1.82, 2.24) is 9.78 Å². The molecular formula is C12H23N3O2. The van der Waals surface area contributed by atoms with Crippen molar-refractivity contribution in [1.29, 1.82) is 0 Å². The summed E-state index contributed by atoms with van der Waals surface area (Å²) in [6.45, 7) is 5.12. The fraction of sp³-hybridized carbons (Fsp3) is 0.750. The molecule has 5 heteroatoms. The van der Waals surface area contributed by atoms with Crippen LogP contribution in [0.2, 0.25) is 0 Å². The smallest absolute Gasteiger partial charge is 0.172 e. The molecule has 2 N–H and O–H groups in total. The molecular weight excluding hydrogens is 218 g/mol. The number of rotatable bonds is 8. The molecule has 5 nitrogen and oxygen atoms in total. The Balaban J connectivity index is 2.38. The third-order valence-electron chi connectivity index (χ3n) is 2.54. The van der Waals surface area contributed by atoms with Gasteiger partial charge in [0.05, 0.1) is 12.2 Å². The second-order valence-electron chi connectivity index (χ2n) is 4.00. The Bertz CT molecular complexity index is 308. The Morgan fingerprint density at radius 3 is 2.47 bits per heavy atom. The van der Waals surface area contributed by atoms with E-state index in [9.17, 15) is 0 Å². The lowest BCUT2D eigenvalue weighted by atomic mass is 10.1. The molecule has 1 heterocycles. The molecule has 0 radical (unpaired) electrons. The zero-order chi connectivity index (χ0) is 12.7. The maximum Gasteiger partial charge on any atom is 0.172 e. The molecule has 0 amide bonds. The summed E-state index contributed by atoms with van der Waals surface area (Å²) in [4.78, 5) is 0. The Morgan fingerprint density at radius 2 is 2.00 bits per heavy atom. The normalized spacial score (nSPS) is 13.2. The van der Waals surface area contributed by atoms with E-state index in [0.717, 1.165) is 12.8 Å². The third kappa shape index (κ3) is 4.85. The van der Waals surface area contributed by atoms with Crippen LogP contribution in [0.3, 0.4) is 0 Å². The van der Waals surface area contributed by atoms with Crippen LogP contribution in [0, 0.1) is 0 Å². The first-order valence-corrected chi connectivity index (χ1v) is 6.13. The highest BCUT2D eigenvalue weighted by Crippen LogP contribution is 2.08. The van der Waals surface area contributed by atoms with Crippen LogP contribution >= 0.6 is 0 Å². The Hall–Kier alpha value is -0.910. The molecule has 98 valence electrons. The molecule has 0 aliphatic carbocycles. The van der Waals surface area contributed by atoms with E-state index in [1.807, 2.05) is 33.3 Å². The van der Waals surface area contributed by atoms with Crippen molar-refractivity contribution in [2.45, 2.75) is 39.0 Å². The average molecular weight is 241 g/mol. The van der Waals surface area contributed by atoms with Crippen LogP contribution in [0.25, 0.3) is 0 Å². The maximum atomic E-state index is 6.07. The number of aryl methyl sites for hydroxylation is 2. The van der Waals surface area contributed by atoms with E-state index in [1.165, 1.54) is 5.56 Å². The van der Waals surface area contributed by atoms with E-state index in [0.29, 0.717) is 13.2 Å². The predicted octanol–water partition coefficient (Wildman–Crippen LogP) is 1.08. The minimum absolute atomic E-state index is 0.102. The molecule has 0 bridgehead atoms. The van der Waals surface area contributed by atoms with Gasteiger partial charge in [-0.15, -0.1) is 0 Å². The van der Waals surface area contributed by atoms with Gasteiger partial charge in [0.25, 0.3) is 0 Å². The van der Waals surface area contributed by atoms with Crippen molar-refractivity contribution < 1.29 is 9.47 Å². The number of aromatic nitrogens is 2. The zero-order valence-electron chi connectivity index (χ0n) is 10.9. The van der Waals surface area contributed by atoms with Gasteiger partial charge >= 0.3 is 0 Å². The zero-order valence-corrected chi connectivity index (χ0v) is 10.9. The largest absolute Gasteiger partial charge is 0.351 e. The highest BCUT2D eigenvalue weighted by Gasteiger charge is 2.18. The number of hydrogen-bond donors (Lipinski definition) is 1. The first-order valence-electron chi connectivity index (χ1n) is 6.13. The van der Waals surface area contributed by atoms with Crippen molar-refractivity contribution in [2.24, 2.45) is 12.8 Å². The van der Waals surface area contributed by atoms with E-state index in [4.69, 9.17) is 15.2 Å². The van der Waals surface area contributed by atoms with Gasteiger partial charge in [-0.1, -0.05) is 0 Å². The van der Waals surface area contributed by atoms with Gasteiger partial charge in [0.1, 0.15) is 0 Å². The summed E-state index contributed by atoms with van der Waals surface area (Å²) in [6.07, 6.45) is 5.29. The Labute approximate surface area is 103 Å². The van der Waals surface area contributed by atoms with Gasteiger partial charge < -0.3 is 15.2 Å². The quantitative estimate of drug-likeness (QED) is 0.692. The summed E-state index contributed by atoms with van der Waals surface area (Å²) in [7, 11) is 1.91. The third-order valence-corrected chi connectivity index (χ3v) is 2.54. The first kappa shape index (κ1) is 14.2. The minimum atomic E-state index is -0.304. The fourth-order valence-electron chi connectivity index (χ4n) is 1.69. The number of nitrogens with zero attached hydrogens (tertiary/aromatic N) is 2. The van der Waals surface area contributed by atoms with E-state index < -0.39 is 0 Å². The van der Waals surface area contributed by atoms with Gasteiger partial charge in [0.2, 0.25) is 0 Å². The summed E-state index contributed by atoms with van der Waals surface area (Å²) in [5.74, 6) is 0. The van der Waals surface area contributed by atoms with Gasteiger partial charge in [-0.2, -0.15) is 5.10 Å². The second-order valence-corrected chi connectivity index (χ2v) is 4.00. The highest BCUT2D eigenvalue weighted by molar-refractivity contribution is 5.03. The summed E-state index contributed by atoms with van der Waals surface area (Å²) >= 11 is 0. The molecule has 1 atom stereocenters. The second kappa shape index (κ2) is 7.42. The average Bonchev–Trinajstić information content (AvgIpc) is 2.72. The van der Waals surface area contributed by atoms with Gasteiger partial charge in [0.15, 0.2) is 6.29 Å². The topological polar surface area (TPSA) is 62.3 Å². The van der Waals surface area contributed by atoms with Gasteiger partial charge in [-0.3, -0.25) is 4.68 Å². The molecule has 1 rings (SSSR count). The molecule has 0 saturated carbocycles. The number of nitrogens with two attached hydrogens (primary N) is 1. The van der Waals surface area contributed by atoms with E-state index >= 15 is 0 Å². The van der Waals surface area contributed by atoms with Gasteiger partial charge in [-0.05, 0) is 32.3 Å². The van der Waals surface area contributed by atoms with E-state index in [2.05, 4.69) is 5.10 Å². The fourth-order valence-corrected chi connectivity index (χ4v) is 1.69. The molecule has 0 aliphatic heterocycles. The van der Waals surface area contributed by atoms with Crippen LogP contribution in [-0.2, 0) is 22.9 Å². The van der Waals surface area contributed by atoms with Crippen molar-refractivity contribution in [3.05, 3.63) is 18.0 Å². The minimum Gasteiger partial charge on any atom is -0.351 e. The Kier molecular flexibility index (Phi) is 6.18. The molecule has 1 aromatic heterocycles. The molecule has 0 fully saturated rings. The first-order chi connectivity index (χ1) is 8.17. The standard InChI is InChI=1S/C12H23N3O2/c1-4-16-12(17-5-2)11(13)7-6-10-8-14-15(3)9-10/h8-9,11-12H,4-7,13H2,1-3H3. The number of ether oxygens (including phenoxy) is 2. The van der Waals surface area contributed by atoms with Gasteiger partial charge in [-0.25, -0.2) is 0 Å². The van der Waals surface area contributed by atoms with Crippen LogP contribution in [0.15, 0.2) is 12.4 Å².